The second-order valence-corrected chi connectivity index (χ2v) is 3.93. The monoisotopic (exact) mass is 167 g/mol. The van der Waals surface area contributed by atoms with E-state index in [1.54, 1.807) is 0 Å². The van der Waals surface area contributed by atoms with Crippen molar-refractivity contribution in [3.05, 3.63) is 0 Å². The summed E-state index contributed by atoms with van der Waals surface area (Å²) in [5.74, 6) is 4.58. The highest BCUT2D eigenvalue weighted by Crippen LogP contribution is 2.03. The fourth-order valence-corrected chi connectivity index (χ4v) is 2.12. The van der Waals surface area contributed by atoms with Gasteiger partial charge in [0.25, 0.3) is 0 Å². The average Bonchev–Trinajstić information content (AvgIpc) is 1.81. The van der Waals surface area contributed by atoms with Gasteiger partial charge in [-0.15, -0.1) is 0 Å². The van der Waals surface area contributed by atoms with E-state index in [-0.39, 0.29) is 0 Å². The average molecular weight is 167 g/mol. The Morgan fingerprint density at radius 1 is 1.25 bits per heavy atom. The molecule has 49 valence electrons. The van der Waals surface area contributed by atoms with Gasteiger partial charge in [-0.2, -0.15) is 23.5 Å². The summed E-state index contributed by atoms with van der Waals surface area (Å²) in [4.78, 5) is 0. The van der Waals surface area contributed by atoms with Gasteiger partial charge in [0.05, 0.1) is 0 Å². The summed E-state index contributed by atoms with van der Waals surface area (Å²) in [6.45, 7) is 0. The van der Waals surface area contributed by atoms with Gasteiger partial charge >= 0.3 is 0 Å². The normalized spacial score (nSPS) is 9.75. The SMILES string of the molecule is CSCCSCC[S]. The van der Waals surface area contributed by atoms with E-state index in [9.17, 15) is 0 Å². The van der Waals surface area contributed by atoms with Crippen LogP contribution in [0.4, 0.5) is 0 Å². The van der Waals surface area contributed by atoms with Crippen LogP contribution in [0.1, 0.15) is 0 Å². The van der Waals surface area contributed by atoms with Gasteiger partial charge in [0.15, 0.2) is 0 Å². The zero-order chi connectivity index (χ0) is 6.24. The Kier molecular flexibility index (Phi) is 9.11. The Balaban J connectivity index is 2.53. The van der Waals surface area contributed by atoms with Crippen LogP contribution in [0.3, 0.4) is 0 Å². The molecule has 0 aromatic heterocycles. The van der Waals surface area contributed by atoms with Gasteiger partial charge in [-0.1, -0.05) is 12.6 Å². The fourth-order valence-electron chi connectivity index (χ4n) is 0.303. The zero-order valence-electron chi connectivity index (χ0n) is 5.05. The van der Waals surface area contributed by atoms with Crippen molar-refractivity contribution in [1.29, 1.82) is 0 Å². The molecule has 0 nitrogen and oxygen atoms in total. The second kappa shape index (κ2) is 8.05. The largest absolute Gasteiger partial charge is 0.165 e. The summed E-state index contributed by atoms with van der Waals surface area (Å²) in [5, 5.41) is 0. The van der Waals surface area contributed by atoms with Crippen molar-refractivity contribution in [2.24, 2.45) is 0 Å². The van der Waals surface area contributed by atoms with Gasteiger partial charge < -0.3 is 0 Å². The molecule has 0 saturated heterocycles. The first kappa shape index (κ1) is 9.05. The molecule has 0 unspecified atom stereocenters. The molecule has 0 atom stereocenters. The summed E-state index contributed by atoms with van der Waals surface area (Å²) in [5.41, 5.74) is 0. The van der Waals surface area contributed by atoms with E-state index in [2.05, 4.69) is 6.26 Å². The lowest BCUT2D eigenvalue weighted by Gasteiger charge is -1.93. The Labute approximate surface area is 65.6 Å². The first-order valence-electron chi connectivity index (χ1n) is 2.56. The molecule has 0 bridgehead atoms. The highest BCUT2D eigenvalue weighted by atomic mass is 32.2. The molecule has 0 spiro atoms. The summed E-state index contributed by atoms with van der Waals surface area (Å²) in [6, 6.07) is 0. The Morgan fingerprint density at radius 2 is 2.00 bits per heavy atom. The maximum atomic E-state index is 4.77. The lowest BCUT2D eigenvalue weighted by Crippen LogP contribution is -1.85. The van der Waals surface area contributed by atoms with Crippen LogP contribution in [0.15, 0.2) is 0 Å². The molecular formula is C5H11S3. The van der Waals surface area contributed by atoms with Crippen LogP contribution in [0.5, 0.6) is 0 Å². The molecule has 0 aliphatic rings. The van der Waals surface area contributed by atoms with E-state index in [0.717, 1.165) is 11.5 Å². The van der Waals surface area contributed by atoms with Crippen molar-refractivity contribution in [2.45, 2.75) is 0 Å². The molecule has 0 aliphatic heterocycles. The minimum absolute atomic E-state index is 0.902. The van der Waals surface area contributed by atoms with Gasteiger partial charge in [0.1, 0.15) is 0 Å². The van der Waals surface area contributed by atoms with Crippen LogP contribution in [0, 0.1) is 0 Å². The molecule has 0 rings (SSSR count). The summed E-state index contributed by atoms with van der Waals surface area (Å²) in [7, 11) is 0. The lowest BCUT2D eigenvalue weighted by molar-refractivity contribution is 1.50. The molecule has 0 N–H and O–H groups in total. The smallest absolute Gasteiger partial charge is 0.0128 e. The van der Waals surface area contributed by atoms with Crippen molar-refractivity contribution < 1.29 is 0 Å². The molecule has 8 heavy (non-hydrogen) atoms. The number of hydrogen-bond donors (Lipinski definition) is 0. The van der Waals surface area contributed by atoms with E-state index in [4.69, 9.17) is 12.6 Å². The van der Waals surface area contributed by atoms with Crippen molar-refractivity contribution in [3.63, 3.8) is 0 Å². The van der Waals surface area contributed by atoms with E-state index in [0.29, 0.717) is 0 Å². The highest BCUT2D eigenvalue weighted by molar-refractivity contribution is 8.02. The quantitative estimate of drug-likeness (QED) is 0.576. The fraction of sp³-hybridized carbons (Fsp3) is 1.00. The van der Waals surface area contributed by atoms with E-state index < -0.39 is 0 Å². The molecule has 0 saturated carbocycles. The van der Waals surface area contributed by atoms with Crippen LogP contribution in [0.25, 0.3) is 0 Å². The Morgan fingerprint density at radius 3 is 2.50 bits per heavy atom. The van der Waals surface area contributed by atoms with Crippen LogP contribution in [-0.4, -0.2) is 29.3 Å². The Hall–Kier alpha value is 1.05. The first-order valence-corrected chi connectivity index (χ1v) is 5.69. The zero-order valence-corrected chi connectivity index (χ0v) is 7.50. The molecule has 0 heterocycles. The third kappa shape index (κ3) is 7.05. The van der Waals surface area contributed by atoms with Crippen molar-refractivity contribution in [3.8, 4) is 0 Å². The van der Waals surface area contributed by atoms with Gasteiger partial charge in [-0.25, -0.2) is 0 Å². The molecule has 0 fully saturated rings. The first-order chi connectivity index (χ1) is 3.91. The summed E-state index contributed by atoms with van der Waals surface area (Å²) < 4.78 is 0. The predicted octanol–water partition coefficient (Wildman–Crippen LogP) is 2.28. The second-order valence-electron chi connectivity index (χ2n) is 1.31. The van der Waals surface area contributed by atoms with E-state index in [1.807, 2.05) is 23.5 Å². The molecule has 0 aliphatic carbocycles. The van der Waals surface area contributed by atoms with Crippen LogP contribution >= 0.6 is 36.2 Å². The van der Waals surface area contributed by atoms with Crippen molar-refractivity contribution in [2.75, 3.05) is 29.3 Å². The topological polar surface area (TPSA) is 0 Å². The summed E-state index contributed by atoms with van der Waals surface area (Å²) >= 11 is 8.62. The standard InChI is InChI=1S/C5H11S3/c1-7-4-5-8-3-2-6/h2-5H2,1H3. The van der Waals surface area contributed by atoms with Gasteiger partial charge in [-0.3, -0.25) is 0 Å². The van der Waals surface area contributed by atoms with E-state index in [1.165, 1.54) is 11.5 Å². The van der Waals surface area contributed by atoms with Gasteiger partial charge in [-0.05, 0) is 6.26 Å². The van der Waals surface area contributed by atoms with Crippen LogP contribution in [-0.2, 0) is 0 Å². The van der Waals surface area contributed by atoms with Crippen molar-refractivity contribution in [1.82, 2.24) is 0 Å². The lowest BCUT2D eigenvalue weighted by atomic mass is 10.9. The number of hydrogen-bond acceptors (Lipinski definition) is 2. The van der Waals surface area contributed by atoms with Crippen molar-refractivity contribution >= 4 is 36.2 Å². The molecule has 3 heteroatoms. The highest BCUT2D eigenvalue weighted by Gasteiger charge is 1.84. The molecule has 0 aromatic carbocycles. The molecular weight excluding hydrogens is 156 g/mol. The third-order valence-corrected chi connectivity index (χ3v) is 2.98. The number of thioether (sulfide) groups is 2. The molecule has 1 radical (unpaired) electrons. The minimum Gasteiger partial charge on any atom is -0.165 e. The third-order valence-electron chi connectivity index (χ3n) is 0.659. The van der Waals surface area contributed by atoms with Crippen LogP contribution < -0.4 is 0 Å². The van der Waals surface area contributed by atoms with Gasteiger partial charge in [0, 0.05) is 23.0 Å². The Bertz CT molecular complexity index is 32.7. The predicted molar refractivity (Wildman–Crippen MR) is 48.2 cm³/mol. The number of rotatable bonds is 5. The minimum atomic E-state index is 0.902. The van der Waals surface area contributed by atoms with Gasteiger partial charge in [0.2, 0.25) is 0 Å². The maximum Gasteiger partial charge on any atom is 0.0128 e. The van der Waals surface area contributed by atoms with E-state index >= 15 is 0 Å². The molecule has 0 amide bonds. The molecule has 0 aromatic rings. The summed E-state index contributed by atoms with van der Waals surface area (Å²) in [6.07, 6.45) is 2.13. The van der Waals surface area contributed by atoms with Crippen LogP contribution in [0.2, 0.25) is 0 Å². The maximum absolute atomic E-state index is 4.77.